The molecule has 0 bridgehead atoms. The zero-order valence-electron chi connectivity index (χ0n) is 16.4. The lowest BCUT2D eigenvalue weighted by molar-refractivity contribution is -0.124. The van der Waals surface area contributed by atoms with E-state index in [1.165, 1.54) is 12.1 Å². The third-order valence-electron chi connectivity index (χ3n) is 4.99. The van der Waals surface area contributed by atoms with Crippen molar-refractivity contribution in [1.82, 2.24) is 4.31 Å². The van der Waals surface area contributed by atoms with Crippen LogP contribution in [0.5, 0.6) is 0 Å². The van der Waals surface area contributed by atoms with Gasteiger partial charge in [0.2, 0.25) is 5.91 Å². The molecule has 1 aliphatic rings. The van der Waals surface area contributed by atoms with Crippen LogP contribution >= 0.6 is 22.6 Å². The molecular weight excluding hydrogens is 515 g/mol. The molecule has 0 fully saturated rings. The molecule has 30 heavy (non-hydrogen) atoms. The minimum absolute atomic E-state index is 0.0324. The van der Waals surface area contributed by atoms with Crippen molar-refractivity contribution in [3.63, 3.8) is 0 Å². The maximum absolute atomic E-state index is 13.5. The van der Waals surface area contributed by atoms with Gasteiger partial charge in [-0.1, -0.05) is 75.7 Å². The number of hydrogen-bond acceptors (Lipinski definition) is 4. The van der Waals surface area contributed by atoms with Gasteiger partial charge in [0, 0.05) is 10.6 Å². The molecule has 3 rings (SSSR count). The molecule has 1 amide bonds. The quantitative estimate of drug-likeness (QED) is 0.160. The molecule has 1 aliphatic carbocycles. The first-order valence-electron chi connectivity index (χ1n) is 9.44. The lowest BCUT2D eigenvalue weighted by atomic mass is 9.88. The van der Waals surface area contributed by atoms with Crippen LogP contribution < -0.4 is 0 Å². The second-order valence-electron chi connectivity index (χ2n) is 6.95. The Kier molecular flexibility index (Phi) is 7.17. The van der Waals surface area contributed by atoms with E-state index in [0.717, 1.165) is 22.7 Å². The summed E-state index contributed by atoms with van der Waals surface area (Å²) in [4.78, 5) is 15.9. The maximum atomic E-state index is 13.5. The second kappa shape index (κ2) is 9.63. The fraction of sp³-hybridized carbons (Fsp3) is 0.286. The number of hydrogen-bond donors (Lipinski definition) is 0. The summed E-state index contributed by atoms with van der Waals surface area (Å²) >= 11 is 1.89. The Morgan fingerprint density at radius 1 is 1.23 bits per heavy atom. The molecule has 9 heteroatoms. The van der Waals surface area contributed by atoms with E-state index in [1.807, 2.05) is 35.6 Å². The van der Waals surface area contributed by atoms with Gasteiger partial charge in [-0.25, -0.2) is 12.7 Å². The number of sulfonamides is 1. The van der Waals surface area contributed by atoms with Crippen molar-refractivity contribution in [3.05, 3.63) is 76.2 Å². The van der Waals surface area contributed by atoms with E-state index in [9.17, 15) is 13.2 Å². The molecule has 0 aromatic heterocycles. The number of benzene rings is 2. The summed E-state index contributed by atoms with van der Waals surface area (Å²) in [6, 6.07) is 12.8. The van der Waals surface area contributed by atoms with Crippen LogP contribution in [0.1, 0.15) is 30.4 Å². The van der Waals surface area contributed by atoms with Gasteiger partial charge in [0.25, 0.3) is 10.0 Å². The van der Waals surface area contributed by atoms with Crippen molar-refractivity contribution in [2.45, 2.75) is 37.1 Å². The predicted octanol–water partition coefficient (Wildman–Crippen LogP) is 5.53. The van der Waals surface area contributed by atoms with E-state index < -0.39 is 22.0 Å². The van der Waals surface area contributed by atoms with Crippen molar-refractivity contribution in [1.29, 1.82) is 0 Å². The molecule has 0 spiro atoms. The first-order valence-corrected chi connectivity index (χ1v) is 12.4. The third kappa shape index (κ3) is 4.53. The van der Waals surface area contributed by atoms with Gasteiger partial charge < -0.3 is 0 Å². The first kappa shape index (κ1) is 22.3. The van der Waals surface area contributed by atoms with Crippen molar-refractivity contribution in [2.24, 2.45) is 5.11 Å². The van der Waals surface area contributed by atoms with Crippen molar-refractivity contribution in [3.8, 4) is 0 Å². The number of halogens is 1. The van der Waals surface area contributed by atoms with Crippen LogP contribution in [0.25, 0.3) is 16.0 Å². The Labute approximate surface area is 189 Å². The van der Waals surface area contributed by atoms with E-state index in [0.29, 0.717) is 23.2 Å². The molecule has 0 radical (unpaired) electrons. The summed E-state index contributed by atoms with van der Waals surface area (Å²) < 4.78 is 28.1. The highest BCUT2D eigenvalue weighted by atomic mass is 127. The number of carbonyl (C=O) groups excluding carboxylic acids is 1. The lowest BCUT2D eigenvalue weighted by Crippen LogP contribution is -2.46. The van der Waals surface area contributed by atoms with Crippen molar-refractivity contribution < 1.29 is 13.2 Å². The van der Waals surface area contributed by atoms with Crippen LogP contribution in [0.2, 0.25) is 0 Å². The number of amides is 1. The smallest absolute Gasteiger partial charge is 0.267 e. The minimum atomic E-state index is -4.06. The molecule has 0 N–H and O–H groups in total. The Bertz CT molecular complexity index is 1120. The predicted molar refractivity (Wildman–Crippen MR) is 125 cm³/mol. The lowest BCUT2D eigenvalue weighted by Gasteiger charge is -2.35. The standard InChI is InChI=1S/C21H21IN4O3S/c1-15-10-12-16(13-11-15)30(28,29)26(21(27)14-22)20-9-5-3-7-18(20)17-6-2-4-8-19(17)24-25-23/h2,4,6-8,10-13,20H,3,5,9,14H2,1H3. The Hall–Kier alpha value is -2.36. The topological polar surface area (TPSA) is 103 Å². The van der Waals surface area contributed by atoms with Crippen LogP contribution in [0.15, 0.2) is 64.6 Å². The zero-order chi connectivity index (χ0) is 21.7. The maximum Gasteiger partial charge on any atom is 0.267 e. The molecule has 0 saturated heterocycles. The van der Waals surface area contributed by atoms with E-state index in [4.69, 9.17) is 5.53 Å². The Morgan fingerprint density at radius 3 is 2.60 bits per heavy atom. The minimum Gasteiger partial charge on any atom is -0.273 e. The number of nitrogens with zero attached hydrogens (tertiary/aromatic N) is 4. The Balaban J connectivity index is 2.15. The highest BCUT2D eigenvalue weighted by Gasteiger charge is 2.38. The van der Waals surface area contributed by atoms with E-state index in [2.05, 4.69) is 10.0 Å². The summed E-state index contributed by atoms with van der Waals surface area (Å²) in [6.07, 6.45) is 3.96. The molecule has 1 atom stereocenters. The fourth-order valence-corrected chi connectivity index (χ4v) is 5.80. The number of azide groups is 1. The molecular formula is C21H21IN4O3S. The third-order valence-corrected chi connectivity index (χ3v) is 7.49. The Morgan fingerprint density at radius 2 is 1.93 bits per heavy atom. The second-order valence-corrected chi connectivity index (χ2v) is 9.53. The summed E-state index contributed by atoms with van der Waals surface area (Å²) in [5.74, 6) is -0.477. The van der Waals surface area contributed by atoms with Crippen LogP contribution in [-0.2, 0) is 14.8 Å². The molecule has 1 unspecified atom stereocenters. The van der Waals surface area contributed by atoms with Gasteiger partial charge in [-0.3, -0.25) is 4.79 Å². The highest BCUT2D eigenvalue weighted by molar-refractivity contribution is 14.1. The summed E-state index contributed by atoms with van der Waals surface area (Å²) in [5.41, 5.74) is 11.6. The van der Waals surface area contributed by atoms with Gasteiger partial charge in [0.05, 0.1) is 15.4 Å². The number of rotatable bonds is 6. The average Bonchev–Trinajstić information content (AvgIpc) is 2.75. The largest absolute Gasteiger partial charge is 0.273 e. The number of allylic oxidation sites excluding steroid dienone is 1. The normalized spacial score (nSPS) is 16.3. The molecule has 7 nitrogen and oxygen atoms in total. The van der Waals surface area contributed by atoms with Crippen LogP contribution in [-0.4, -0.2) is 29.1 Å². The van der Waals surface area contributed by atoms with Crippen molar-refractivity contribution >= 4 is 49.8 Å². The van der Waals surface area contributed by atoms with Crippen LogP contribution in [0.4, 0.5) is 5.69 Å². The SMILES string of the molecule is Cc1ccc(S(=O)(=O)N(C(=O)CI)C2CCCC=C2c2ccccc2N=[N+]=[N-])cc1. The van der Waals surface area contributed by atoms with Gasteiger partial charge in [0.15, 0.2) is 0 Å². The first-order chi connectivity index (χ1) is 14.4. The molecule has 0 saturated carbocycles. The summed E-state index contributed by atoms with van der Waals surface area (Å²) in [7, 11) is -4.06. The molecule has 156 valence electrons. The number of aryl methyl sites for hydroxylation is 1. The highest BCUT2D eigenvalue weighted by Crippen LogP contribution is 2.38. The van der Waals surface area contributed by atoms with Gasteiger partial charge in [0.1, 0.15) is 0 Å². The van der Waals surface area contributed by atoms with Gasteiger partial charge in [-0.15, -0.1) is 0 Å². The van der Waals surface area contributed by atoms with Gasteiger partial charge >= 0.3 is 0 Å². The molecule has 2 aromatic rings. The van der Waals surface area contributed by atoms with E-state index >= 15 is 0 Å². The average molecular weight is 536 g/mol. The fourth-order valence-electron chi connectivity index (χ4n) is 3.60. The number of alkyl halides is 1. The van der Waals surface area contributed by atoms with Crippen molar-refractivity contribution in [2.75, 3.05) is 4.43 Å². The molecule has 2 aromatic carbocycles. The van der Waals surface area contributed by atoms with E-state index in [-0.39, 0.29) is 9.32 Å². The van der Waals surface area contributed by atoms with Gasteiger partial charge in [-0.05, 0) is 55.0 Å². The van der Waals surface area contributed by atoms with E-state index in [1.54, 1.807) is 36.4 Å². The summed E-state index contributed by atoms with van der Waals surface area (Å²) in [6.45, 7) is 1.87. The van der Waals surface area contributed by atoms with Crippen LogP contribution in [0, 0.1) is 6.92 Å². The van der Waals surface area contributed by atoms with Gasteiger partial charge in [-0.2, -0.15) is 0 Å². The number of carbonyl (C=O) groups is 1. The molecule has 0 heterocycles. The van der Waals surface area contributed by atoms with Crippen LogP contribution in [0.3, 0.4) is 0 Å². The zero-order valence-corrected chi connectivity index (χ0v) is 19.4. The monoisotopic (exact) mass is 536 g/mol. The molecule has 0 aliphatic heterocycles. The summed E-state index contributed by atoms with van der Waals surface area (Å²) in [5, 5.41) is 3.76.